The fourth-order valence-corrected chi connectivity index (χ4v) is 3.61. The molecule has 0 radical (unpaired) electrons. The first-order chi connectivity index (χ1) is 10.7. The Bertz CT molecular complexity index is 594. The largest absolute Gasteiger partial charge is 0.458 e. The van der Waals surface area contributed by atoms with Crippen LogP contribution in [0.15, 0.2) is 23.8 Å². The number of rotatable bonds is 1. The summed E-state index contributed by atoms with van der Waals surface area (Å²) in [6.45, 7) is 8.86. The van der Waals surface area contributed by atoms with Gasteiger partial charge in [0, 0.05) is 25.3 Å². The van der Waals surface area contributed by atoms with Crippen molar-refractivity contribution in [2.45, 2.75) is 63.6 Å². The molecule has 6 nitrogen and oxygen atoms in total. The number of hydrogen-bond donors (Lipinski definition) is 1. The van der Waals surface area contributed by atoms with Gasteiger partial charge in [0.25, 0.3) is 0 Å². The lowest BCUT2D eigenvalue weighted by molar-refractivity contribution is -0.145. The van der Waals surface area contributed by atoms with Gasteiger partial charge < -0.3 is 19.3 Å². The second kappa shape index (κ2) is 5.46. The third-order valence-electron chi connectivity index (χ3n) is 5.01. The van der Waals surface area contributed by atoms with Crippen LogP contribution >= 0.6 is 0 Å². The van der Waals surface area contributed by atoms with Crippen molar-refractivity contribution < 1.29 is 28.9 Å². The molecule has 0 unspecified atom stereocenters. The maximum atomic E-state index is 11.8. The minimum Gasteiger partial charge on any atom is -0.458 e. The summed E-state index contributed by atoms with van der Waals surface area (Å²) < 4.78 is 16.5. The van der Waals surface area contributed by atoms with E-state index in [1.54, 1.807) is 13.0 Å². The van der Waals surface area contributed by atoms with Crippen molar-refractivity contribution >= 4 is 11.9 Å². The molecule has 0 aromatic carbocycles. The number of hydrogen-bond acceptors (Lipinski definition) is 6. The molecule has 2 heterocycles. The third kappa shape index (κ3) is 2.93. The van der Waals surface area contributed by atoms with Gasteiger partial charge in [-0.15, -0.1) is 0 Å². The van der Waals surface area contributed by atoms with E-state index in [4.69, 9.17) is 14.2 Å². The molecule has 0 aromatic heterocycles. The lowest BCUT2D eigenvalue weighted by atomic mass is 9.82. The third-order valence-corrected chi connectivity index (χ3v) is 5.01. The summed E-state index contributed by atoms with van der Waals surface area (Å²) in [6.07, 6.45) is 0.755. The first-order valence-electron chi connectivity index (χ1n) is 7.82. The zero-order valence-electron chi connectivity index (χ0n) is 13.6. The molecule has 0 saturated carbocycles. The van der Waals surface area contributed by atoms with Gasteiger partial charge in [0.05, 0.1) is 23.7 Å². The maximum Gasteiger partial charge on any atom is 0.334 e. The van der Waals surface area contributed by atoms with Crippen molar-refractivity contribution in [3.8, 4) is 0 Å². The number of ether oxygens (including phenoxy) is 3. The summed E-state index contributed by atoms with van der Waals surface area (Å²) >= 11 is 0. The normalized spacial score (nSPS) is 45.2. The van der Waals surface area contributed by atoms with E-state index >= 15 is 0 Å². The molecule has 23 heavy (non-hydrogen) atoms. The summed E-state index contributed by atoms with van der Waals surface area (Å²) in [6, 6.07) is 0. The molecule has 0 spiro atoms. The van der Waals surface area contributed by atoms with Gasteiger partial charge in [0.1, 0.15) is 12.2 Å². The first kappa shape index (κ1) is 16.2. The number of esters is 2. The molecule has 0 amide bonds. The van der Waals surface area contributed by atoms with E-state index in [1.807, 2.05) is 6.92 Å². The first-order valence-corrected chi connectivity index (χ1v) is 7.82. The fraction of sp³-hybridized carbons (Fsp3) is 0.647. The Kier molecular flexibility index (Phi) is 3.84. The van der Waals surface area contributed by atoms with Crippen LogP contribution in [-0.2, 0) is 23.8 Å². The SMILES string of the molecule is C=C1C(=O)O[C@H]2C[C@]3(C)O[C@H]3C[C@H](OC(C)=O)/C(C)=C\[C@@H](O)[C@H]12. The van der Waals surface area contributed by atoms with Crippen molar-refractivity contribution in [3.05, 3.63) is 23.8 Å². The van der Waals surface area contributed by atoms with Crippen LogP contribution in [0.25, 0.3) is 0 Å². The molecule has 3 rings (SSSR count). The van der Waals surface area contributed by atoms with Crippen LogP contribution in [-0.4, -0.2) is 47.1 Å². The van der Waals surface area contributed by atoms with Gasteiger partial charge in [-0.25, -0.2) is 4.79 Å². The highest BCUT2D eigenvalue weighted by atomic mass is 16.6. The Labute approximate surface area is 135 Å². The molecule has 2 fully saturated rings. The topological polar surface area (TPSA) is 85.4 Å². The van der Waals surface area contributed by atoms with E-state index in [9.17, 15) is 14.7 Å². The quantitative estimate of drug-likeness (QED) is 0.339. The monoisotopic (exact) mass is 322 g/mol. The maximum absolute atomic E-state index is 11.8. The lowest BCUT2D eigenvalue weighted by Crippen LogP contribution is -2.34. The average Bonchev–Trinajstić information content (AvgIpc) is 2.96. The highest BCUT2D eigenvalue weighted by molar-refractivity contribution is 5.91. The van der Waals surface area contributed by atoms with Crippen LogP contribution in [0.1, 0.15) is 33.6 Å². The van der Waals surface area contributed by atoms with Gasteiger partial charge in [-0.05, 0) is 19.4 Å². The summed E-state index contributed by atoms with van der Waals surface area (Å²) in [5.41, 5.74) is 0.569. The molecule has 6 heteroatoms. The zero-order chi connectivity index (χ0) is 16.9. The number of epoxide rings is 1. The van der Waals surface area contributed by atoms with Gasteiger partial charge in [0.15, 0.2) is 0 Å². The van der Waals surface area contributed by atoms with Crippen molar-refractivity contribution in [1.29, 1.82) is 0 Å². The number of aliphatic hydroxyl groups is 1. The summed E-state index contributed by atoms with van der Waals surface area (Å²) in [5.74, 6) is -1.35. The number of fused-ring (bicyclic) bond motifs is 2. The van der Waals surface area contributed by atoms with Gasteiger partial charge in [-0.2, -0.15) is 0 Å². The van der Waals surface area contributed by atoms with E-state index in [1.165, 1.54) is 6.92 Å². The second-order valence-corrected chi connectivity index (χ2v) is 6.85. The molecular formula is C17H22O6. The van der Waals surface area contributed by atoms with Crippen molar-refractivity contribution in [2.75, 3.05) is 0 Å². The Morgan fingerprint density at radius 1 is 1.52 bits per heavy atom. The van der Waals surface area contributed by atoms with E-state index in [0.29, 0.717) is 12.8 Å². The van der Waals surface area contributed by atoms with Gasteiger partial charge in [-0.3, -0.25) is 4.79 Å². The lowest BCUT2D eigenvalue weighted by Gasteiger charge is -2.26. The molecule has 126 valence electrons. The predicted molar refractivity (Wildman–Crippen MR) is 80.3 cm³/mol. The average molecular weight is 322 g/mol. The Hall–Kier alpha value is -1.66. The molecular weight excluding hydrogens is 300 g/mol. The number of aliphatic hydroxyl groups excluding tert-OH is 1. The van der Waals surface area contributed by atoms with Crippen LogP contribution in [0.4, 0.5) is 0 Å². The standard InChI is InChI=1S/C17H22O6/c1-8-5-11(19)15-9(2)16(20)22-13(15)7-17(4)14(23-17)6-12(8)21-10(3)18/h5,11-15,19H,2,6-7H2,1,3-4H3/b8-5-/t11-,12+,13+,14+,15+,17+/m1/s1. The van der Waals surface area contributed by atoms with Crippen LogP contribution in [0.5, 0.6) is 0 Å². The fourth-order valence-electron chi connectivity index (χ4n) is 3.61. The Balaban J connectivity index is 1.94. The van der Waals surface area contributed by atoms with E-state index < -0.39 is 35.8 Å². The van der Waals surface area contributed by atoms with Gasteiger partial charge >= 0.3 is 11.9 Å². The van der Waals surface area contributed by atoms with Crippen LogP contribution in [0, 0.1) is 5.92 Å². The molecule has 0 bridgehead atoms. The number of carbonyl (C=O) groups excluding carboxylic acids is 2. The van der Waals surface area contributed by atoms with Crippen molar-refractivity contribution in [1.82, 2.24) is 0 Å². The predicted octanol–water partition coefficient (Wildman–Crippen LogP) is 1.27. The molecule has 2 aliphatic heterocycles. The minimum absolute atomic E-state index is 0.0707. The van der Waals surface area contributed by atoms with Gasteiger partial charge in [-0.1, -0.05) is 12.7 Å². The van der Waals surface area contributed by atoms with Crippen LogP contribution in [0.3, 0.4) is 0 Å². The van der Waals surface area contributed by atoms with E-state index in [2.05, 4.69) is 6.58 Å². The second-order valence-electron chi connectivity index (χ2n) is 6.85. The Morgan fingerprint density at radius 2 is 2.22 bits per heavy atom. The Morgan fingerprint density at radius 3 is 2.87 bits per heavy atom. The zero-order valence-corrected chi connectivity index (χ0v) is 13.6. The molecule has 6 atom stereocenters. The summed E-state index contributed by atoms with van der Waals surface area (Å²) in [7, 11) is 0. The van der Waals surface area contributed by atoms with Crippen LogP contribution < -0.4 is 0 Å². The van der Waals surface area contributed by atoms with Crippen molar-refractivity contribution in [3.63, 3.8) is 0 Å². The van der Waals surface area contributed by atoms with E-state index in [-0.39, 0.29) is 17.6 Å². The molecule has 1 N–H and O–H groups in total. The summed E-state index contributed by atoms with van der Waals surface area (Å²) in [4.78, 5) is 23.2. The van der Waals surface area contributed by atoms with E-state index in [0.717, 1.165) is 5.57 Å². The summed E-state index contributed by atoms with van der Waals surface area (Å²) in [5, 5.41) is 10.5. The highest BCUT2D eigenvalue weighted by Crippen LogP contribution is 2.48. The molecule has 1 aliphatic carbocycles. The van der Waals surface area contributed by atoms with Crippen LogP contribution in [0.2, 0.25) is 0 Å². The molecule has 0 aromatic rings. The minimum atomic E-state index is -0.920. The van der Waals surface area contributed by atoms with Gasteiger partial charge in [0.2, 0.25) is 0 Å². The van der Waals surface area contributed by atoms with Crippen molar-refractivity contribution in [2.24, 2.45) is 5.92 Å². The highest BCUT2D eigenvalue weighted by Gasteiger charge is 2.58. The smallest absolute Gasteiger partial charge is 0.334 e. The molecule has 3 aliphatic rings. The molecule has 2 saturated heterocycles. The number of carbonyl (C=O) groups is 2.